The van der Waals surface area contributed by atoms with Crippen molar-refractivity contribution in [3.8, 4) is 0 Å². The van der Waals surface area contributed by atoms with Crippen LogP contribution in [-0.4, -0.2) is 12.1 Å². The molecule has 3 aromatic carbocycles. The summed E-state index contributed by atoms with van der Waals surface area (Å²) in [5.74, 6) is -1.08. The van der Waals surface area contributed by atoms with E-state index in [1.54, 1.807) is 0 Å². The van der Waals surface area contributed by atoms with Crippen LogP contribution >= 0.6 is 7.26 Å². The molecule has 0 atom stereocenters. The largest absolute Gasteiger partial charge is 0.550 e. The zero-order chi connectivity index (χ0) is 18.1. The topological polar surface area (TPSA) is 40.1 Å². The summed E-state index contributed by atoms with van der Waals surface area (Å²) in [4.78, 5) is 8.89. The molecule has 0 aromatic heterocycles. The van der Waals surface area contributed by atoms with Crippen LogP contribution in [0.4, 0.5) is 0 Å². The molecule has 0 unspecified atom stereocenters. The van der Waals surface area contributed by atoms with Crippen molar-refractivity contribution in [2.24, 2.45) is 0 Å². The lowest BCUT2D eigenvalue weighted by molar-refractivity contribution is -0.302. The van der Waals surface area contributed by atoms with Gasteiger partial charge < -0.3 is 9.90 Å². The maximum atomic E-state index is 8.89. The normalized spacial score (nSPS) is 10.5. The van der Waals surface area contributed by atoms with E-state index in [2.05, 4.69) is 97.9 Å². The van der Waals surface area contributed by atoms with Gasteiger partial charge in [0, 0.05) is 5.97 Å². The van der Waals surface area contributed by atoms with Crippen LogP contribution in [0.15, 0.2) is 91.0 Å². The molecule has 0 heterocycles. The lowest BCUT2D eigenvalue weighted by atomic mass is 10.4. The lowest BCUT2D eigenvalue weighted by Crippen LogP contribution is -2.32. The van der Waals surface area contributed by atoms with E-state index < -0.39 is 13.2 Å². The van der Waals surface area contributed by atoms with Gasteiger partial charge in [-0.3, -0.25) is 0 Å². The van der Waals surface area contributed by atoms with E-state index in [1.807, 2.05) is 0 Å². The van der Waals surface area contributed by atoms with Crippen LogP contribution < -0.4 is 21.0 Å². The molecule has 0 aliphatic heterocycles. The molecule has 0 N–H and O–H groups in total. The molecule has 3 rings (SSSR count). The number of rotatable bonds is 4. The number of carbonyl (C=O) groups excluding carboxylic acids is 1. The second kappa shape index (κ2) is 9.15. The first-order valence-corrected chi connectivity index (χ1v) is 10.3. The second-order valence-electron chi connectivity index (χ2n) is 5.62. The van der Waals surface area contributed by atoms with E-state index >= 15 is 0 Å². The number of hydrogen-bond donors (Lipinski definition) is 0. The molecule has 0 fully saturated rings. The Hall–Kier alpha value is -2.44. The minimum Gasteiger partial charge on any atom is -0.550 e. The summed E-state index contributed by atoms with van der Waals surface area (Å²) in [6, 6.07) is 33.0. The van der Waals surface area contributed by atoms with Crippen molar-refractivity contribution >= 4 is 29.1 Å². The standard InChI is InChI=1S/C20H20P.C2H4O2/c1-2-21(18-12-6-3-7-13-18,19-14-8-4-9-15-19)20-16-10-5-11-17-20;1-2(3)4/h3-17H,2H2,1H3;1H3,(H,3,4)/q+1;/p-1. The average Bonchev–Trinajstić information content (AvgIpc) is 2.65. The first kappa shape index (κ1) is 18.9. The van der Waals surface area contributed by atoms with Crippen LogP contribution in [0.5, 0.6) is 0 Å². The van der Waals surface area contributed by atoms with Crippen LogP contribution in [0.2, 0.25) is 0 Å². The van der Waals surface area contributed by atoms with Gasteiger partial charge in [-0.15, -0.1) is 0 Å². The maximum absolute atomic E-state index is 8.89. The van der Waals surface area contributed by atoms with Crippen molar-refractivity contribution in [3.63, 3.8) is 0 Å². The molecule has 25 heavy (non-hydrogen) atoms. The van der Waals surface area contributed by atoms with Crippen molar-refractivity contribution in [1.29, 1.82) is 0 Å². The zero-order valence-electron chi connectivity index (χ0n) is 14.6. The summed E-state index contributed by atoms with van der Waals surface area (Å²) in [5, 5.41) is 13.3. The highest BCUT2D eigenvalue weighted by molar-refractivity contribution is 7.95. The highest BCUT2D eigenvalue weighted by Gasteiger charge is 2.43. The minimum atomic E-state index is -1.53. The molecule has 0 amide bonds. The Morgan fingerprint density at radius 3 is 1.16 bits per heavy atom. The highest BCUT2D eigenvalue weighted by Crippen LogP contribution is 2.54. The average molecular weight is 350 g/mol. The highest BCUT2D eigenvalue weighted by atomic mass is 31.2. The van der Waals surface area contributed by atoms with Crippen molar-refractivity contribution in [2.45, 2.75) is 13.8 Å². The van der Waals surface area contributed by atoms with Crippen molar-refractivity contribution < 1.29 is 9.90 Å². The van der Waals surface area contributed by atoms with Gasteiger partial charge >= 0.3 is 0 Å². The Morgan fingerprint density at radius 2 is 0.960 bits per heavy atom. The van der Waals surface area contributed by atoms with Gasteiger partial charge in [-0.1, -0.05) is 54.6 Å². The summed E-state index contributed by atoms with van der Waals surface area (Å²) in [7, 11) is -1.53. The zero-order valence-corrected chi connectivity index (χ0v) is 15.5. The van der Waals surface area contributed by atoms with Crippen molar-refractivity contribution in [1.82, 2.24) is 0 Å². The number of carboxylic acids is 1. The lowest BCUT2D eigenvalue weighted by Gasteiger charge is -2.26. The van der Waals surface area contributed by atoms with Gasteiger partial charge in [-0.05, 0) is 50.2 Å². The first-order valence-electron chi connectivity index (χ1n) is 8.33. The van der Waals surface area contributed by atoms with Gasteiger partial charge in [0.2, 0.25) is 0 Å². The van der Waals surface area contributed by atoms with Crippen LogP contribution in [0.3, 0.4) is 0 Å². The van der Waals surface area contributed by atoms with Gasteiger partial charge in [0.1, 0.15) is 23.2 Å². The van der Waals surface area contributed by atoms with E-state index in [9.17, 15) is 0 Å². The summed E-state index contributed by atoms with van der Waals surface area (Å²) < 4.78 is 0. The monoisotopic (exact) mass is 350 g/mol. The number of carbonyl (C=O) groups is 1. The van der Waals surface area contributed by atoms with E-state index in [0.717, 1.165) is 13.1 Å². The maximum Gasteiger partial charge on any atom is 0.111 e. The smallest absolute Gasteiger partial charge is 0.111 e. The minimum absolute atomic E-state index is 0.972. The van der Waals surface area contributed by atoms with E-state index in [0.29, 0.717) is 0 Å². The Bertz CT molecular complexity index is 670. The number of carboxylic acid groups (broad SMARTS) is 1. The number of hydrogen-bond acceptors (Lipinski definition) is 2. The molecule has 0 spiro atoms. The summed E-state index contributed by atoms with van der Waals surface area (Å²) >= 11 is 0. The second-order valence-corrected chi connectivity index (χ2v) is 9.43. The first-order chi connectivity index (χ1) is 12.1. The fraction of sp³-hybridized carbons (Fsp3) is 0.136. The Labute approximate surface area is 150 Å². The Kier molecular flexibility index (Phi) is 6.91. The molecule has 2 nitrogen and oxygen atoms in total. The molecular formula is C22H23O2P. The van der Waals surface area contributed by atoms with Crippen LogP contribution in [0.1, 0.15) is 13.8 Å². The van der Waals surface area contributed by atoms with E-state index in [1.165, 1.54) is 15.9 Å². The predicted molar refractivity (Wildman–Crippen MR) is 106 cm³/mol. The predicted octanol–water partition coefficient (Wildman–Crippen LogP) is 2.76. The Balaban J connectivity index is 0.000000511. The van der Waals surface area contributed by atoms with Gasteiger partial charge in [0.25, 0.3) is 0 Å². The summed E-state index contributed by atoms with van der Waals surface area (Å²) in [6.45, 7) is 3.29. The molecule has 0 saturated heterocycles. The van der Waals surface area contributed by atoms with Crippen LogP contribution in [-0.2, 0) is 4.79 Å². The molecule has 128 valence electrons. The molecule has 0 aliphatic rings. The van der Waals surface area contributed by atoms with Crippen LogP contribution in [0.25, 0.3) is 0 Å². The molecule has 0 radical (unpaired) electrons. The molecule has 0 saturated carbocycles. The molecular weight excluding hydrogens is 327 g/mol. The van der Waals surface area contributed by atoms with Gasteiger partial charge in [-0.2, -0.15) is 0 Å². The van der Waals surface area contributed by atoms with Gasteiger partial charge in [-0.25, -0.2) is 0 Å². The SMILES string of the molecule is CC(=O)[O-].CC[P+](c1ccccc1)(c1ccccc1)c1ccccc1. The number of benzene rings is 3. The van der Waals surface area contributed by atoms with Gasteiger partial charge in [0.05, 0.1) is 6.16 Å². The van der Waals surface area contributed by atoms with E-state index in [-0.39, 0.29) is 0 Å². The quantitative estimate of drug-likeness (QED) is 0.679. The van der Waals surface area contributed by atoms with Gasteiger partial charge in [0.15, 0.2) is 0 Å². The Morgan fingerprint density at radius 1 is 0.720 bits per heavy atom. The third kappa shape index (κ3) is 4.55. The third-order valence-corrected chi connectivity index (χ3v) is 8.55. The third-order valence-electron chi connectivity index (χ3n) is 4.07. The molecule has 3 heteroatoms. The molecule has 0 bridgehead atoms. The molecule has 0 aliphatic carbocycles. The van der Waals surface area contributed by atoms with Crippen molar-refractivity contribution in [3.05, 3.63) is 91.0 Å². The number of aliphatic carboxylic acids is 1. The van der Waals surface area contributed by atoms with Crippen LogP contribution in [0, 0.1) is 0 Å². The fourth-order valence-electron chi connectivity index (χ4n) is 3.04. The summed E-state index contributed by atoms with van der Waals surface area (Å²) in [5.41, 5.74) is 0. The summed E-state index contributed by atoms with van der Waals surface area (Å²) in [6.07, 6.45) is 1.14. The van der Waals surface area contributed by atoms with Crippen molar-refractivity contribution in [2.75, 3.05) is 6.16 Å². The van der Waals surface area contributed by atoms with E-state index in [4.69, 9.17) is 9.90 Å². The molecule has 3 aromatic rings. The fourth-order valence-corrected chi connectivity index (χ4v) is 7.08.